The zero-order valence-corrected chi connectivity index (χ0v) is 26.1. The summed E-state index contributed by atoms with van der Waals surface area (Å²) in [5, 5.41) is 3.09. The van der Waals surface area contributed by atoms with Crippen LogP contribution in [0, 0.1) is 6.92 Å². The Labute approximate surface area is 254 Å². The zero-order valence-electron chi connectivity index (χ0n) is 25.3. The van der Waals surface area contributed by atoms with Crippen LogP contribution in [0.25, 0.3) is 0 Å². The third kappa shape index (κ3) is 7.87. The van der Waals surface area contributed by atoms with Crippen LogP contribution in [-0.2, 0) is 26.2 Å². The molecule has 0 heterocycles. The van der Waals surface area contributed by atoms with Gasteiger partial charge < -0.3 is 19.7 Å². The smallest absolute Gasteiger partial charge is 0.264 e. The van der Waals surface area contributed by atoms with Crippen molar-refractivity contribution in [2.45, 2.75) is 70.0 Å². The van der Waals surface area contributed by atoms with Crippen molar-refractivity contribution in [2.75, 3.05) is 24.6 Å². The number of carbonyl (C=O) groups is 2. The van der Waals surface area contributed by atoms with Crippen LogP contribution in [0.5, 0.6) is 11.5 Å². The average molecular weight is 608 g/mol. The van der Waals surface area contributed by atoms with Gasteiger partial charge in [-0.1, -0.05) is 54.8 Å². The molecule has 0 saturated heterocycles. The lowest BCUT2D eigenvalue weighted by molar-refractivity contribution is -0.139. The Bertz CT molecular complexity index is 1500. The van der Waals surface area contributed by atoms with Gasteiger partial charge in [0.1, 0.15) is 24.1 Å². The SMILES string of the molecule is CCOc1ccccc1N(CC(=O)N(Cc1cccc(OC)c1)[C@H](C)C(=O)NC1CCCC1)S(=O)(=O)c1ccc(C)cc1. The number of sulfonamides is 1. The van der Waals surface area contributed by atoms with Crippen LogP contribution in [0.4, 0.5) is 5.69 Å². The van der Waals surface area contributed by atoms with Crippen molar-refractivity contribution in [3.63, 3.8) is 0 Å². The van der Waals surface area contributed by atoms with Crippen molar-refractivity contribution in [3.05, 3.63) is 83.9 Å². The number of hydrogen-bond acceptors (Lipinski definition) is 6. The third-order valence-corrected chi connectivity index (χ3v) is 9.45. The van der Waals surface area contributed by atoms with E-state index < -0.39 is 28.5 Å². The van der Waals surface area contributed by atoms with E-state index in [0.29, 0.717) is 18.1 Å². The van der Waals surface area contributed by atoms with Crippen LogP contribution in [0.15, 0.2) is 77.7 Å². The Kier molecular flexibility index (Phi) is 10.7. The number of para-hydroxylation sites is 2. The van der Waals surface area contributed by atoms with Gasteiger partial charge in [0.25, 0.3) is 10.0 Å². The molecule has 0 bridgehead atoms. The van der Waals surface area contributed by atoms with Gasteiger partial charge >= 0.3 is 0 Å². The lowest BCUT2D eigenvalue weighted by Gasteiger charge is -2.33. The number of amides is 2. The molecule has 43 heavy (non-hydrogen) atoms. The van der Waals surface area contributed by atoms with E-state index in [4.69, 9.17) is 9.47 Å². The van der Waals surface area contributed by atoms with Gasteiger partial charge in [0.15, 0.2) is 0 Å². The summed E-state index contributed by atoms with van der Waals surface area (Å²) in [6, 6.07) is 19.7. The molecule has 0 unspecified atom stereocenters. The highest BCUT2D eigenvalue weighted by molar-refractivity contribution is 7.92. The van der Waals surface area contributed by atoms with Crippen LogP contribution < -0.4 is 19.1 Å². The average Bonchev–Trinajstić information content (AvgIpc) is 3.52. The number of benzene rings is 3. The van der Waals surface area contributed by atoms with Crippen molar-refractivity contribution in [3.8, 4) is 11.5 Å². The van der Waals surface area contributed by atoms with Crippen molar-refractivity contribution < 1.29 is 27.5 Å². The summed E-state index contributed by atoms with van der Waals surface area (Å²) >= 11 is 0. The van der Waals surface area contributed by atoms with Gasteiger partial charge in [-0.2, -0.15) is 0 Å². The van der Waals surface area contributed by atoms with Gasteiger partial charge in [-0.05, 0) is 75.6 Å². The number of carbonyl (C=O) groups excluding carboxylic acids is 2. The predicted molar refractivity (Wildman–Crippen MR) is 167 cm³/mol. The Balaban J connectivity index is 1.73. The second-order valence-corrected chi connectivity index (χ2v) is 12.6. The summed E-state index contributed by atoms with van der Waals surface area (Å²) in [6.07, 6.45) is 3.91. The van der Waals surface area contributed by atoms with Gasteiger partial charge in [0, 0.05) is 12.6 Å². The van der Waals surface area contributed by atoms with Gasteiger partial charge in [-0.25, -0.2) is 8.42 Å². The number of hydrogen-bond donors (Lipinski definition) is 1. The minimum absolute atomic E-state index is 0.0450. The zero-order chi connectivity index (χ0) is 31.0. The highest BCUT2D eigenvalue weighted by Gasteiger charge is 2.34. The first-order valence-electron chi connectivity index (χ1n) is 14.7. The molecular weight excluding hydrogens is 566 g/mol. The largest absolute Gasteiger partial charge is 0.497 e. The molecule has 0 radical (unpaired) electrons. The summed E-state index contributed by atoms with van der Waals surface area (Å²) in [5.74, 6) is 0.145. The molecular formula is C33H41N3O6S. The van der Waals surface area contributed by atoms with E-state index in [0.717, 1.165) is 41.1 Å². The van der Waals surface area contributed by atoms with E-state index in [2.05, 4.69) is 5.32 Å². The number of anilines is 1. The summed E-state index contributed by atoms with van der Waals surface area (Å²) in [7, 11) is -2.64. The Hall–Kier alpha value is -4.05. The molecule has 230 valence electrons. The standard InChI is InChI=1S/C33H41N3O6S/c1-5-42-31-16-9-8-15-30(31)36(43(39,40)29-19-17-24(2)18-20-29)23-32(37)35(22-26-11-10-14-28(21-26)41-4)25(3)33(38)34-27-12-6-7-13-27/h8-11,14-21,25,27H,5-7,12-13,22-23H2,1-4H3,(H,34,38)/t25-/m1/s1. The van der Waals surface area contributed by atoms with E-state index in [9.17, 15) is 18.0 Å². The molecule has 1 saturated carbocycles. The van der Waals surface area contributed by atoms with E-state index in [1.54, 1.807) is 69.5 Å². The molecule has 4 rings (SSSR count). The molecule has 9 nitrogen and oxygen atoms in total. The second kappa shape index (κ2) is 14.4. The van der Waals surface area contributed by atoms with Gasteiger partial charge in [-0.3, -0.25) is 13.9 Å². The topological polar surface area (TPSA) is 105 Å². The minimum atomic E-state index is -4.20. The molecule has 1 aliphatic rings. The van der Waals surface area contributed by atoms with E-state index in [1.807, 2.05) is 19.1 Å². The van der Waals surface area contributed by atoms with Crippen molar-refractivity contribution in [1.29, 1.82) is 0 Å². The molecule has 0 aromatic heterocycles. The van der Waals surface area contributed by atoms with E-state index in [1.165, 1.54) is 17.0 Å². The van der Waals surface area contributed by atoms with Gasteiger partial charge in [-0.15, -0.1) is 0 Å². The molecule has 0 aliphatic heterocycles. The monoisotopic (exact) mass is 607 g/mol. The first-order valence-corrected chi connectivity index (χ1v) is 16.1. The maximum Gasteiger partial charge on any atom is 0.264 e. The lowest BCUT2D eigenvalue weighted by Crippen LogP contribution is -2.52. The lowest BCUT2D eigenvalue weighted by atomic mass is 10.1. The summed E-state index contributed by atoms with van der Waals surface area (Å²) in [5.41, 5.74) is 1.89. The van der Waals surface area contributed by atoms with Crippen molar-refractivity contribution >= 4 is 27.5 Å². The van der Waals surface area contributed by atoms with Crippen molar-refractivity contribution in [1.82, 2.24) is 10.2 Å². The summed E-state index contributed by atoms with van der Waals surface area (Å²) < 4.78 is 40.5. The minimum Gasteiger partial charge on any atom is -0.497 e. The fraction of sp³-hybridized carbons (Fsp3) is 0.394. The number of rotatable bonds is 13. The molecule has 3 aromatic carbocycles. The maximum absolute atomic E-state index is 14.2. The van der Waals surface area contributed by atoms with Gasteiger partial charge in [0.2, 0.25) is 11.8 Å². The number of aryl methyl sites for hydroxylation is 1. The molecule has 0 spiro atoms. The van der Waals surface area contributed by atoms with Crippen LogP contribution >= 0.6 is 0 Å². The first-order chi connectivity index (χ1) is 20.6. The fourth-order valence-electron chi connectivity index (χ4n) is 5.23. The van der Waals surface area contributed by atoms with Crippen LogP contribution in [-0.4, -0.2) is 57.5 Å². The molecule has 10 heteroatoms. The maximum atomic E-state index is 14.2. The normalized spacial score (nSPS) is 14.1. The van der Waals surface area contributed by atoms with Crippen LogP contribution in [0.2, 0.25) is 0 Å². The molecule has 1 aliphatic carbocycles. The Morgan fingerprint density at radius 1 is 1.00 bits per heavy atom. The van der Waals surface area contributed by atoms with Gasteiger partial charge in [0.05, 0.1) is 24.3 Å². The number of ether oxygens (including phenoxy) is 2. The fourth-order valence-corrected chi connectivity index (χ4v) is 6.66. The number of nitrogens with one attached hydrogen (secondary N) is 1. The quantitative estimate of drug-likeness (QED) is 0.291. The summed E-state index contributed by atoms with van der Waals surface area (Å²) in [4.78, 5) is 29.1. The Morgan fingerprint density at radius 3 is 2.37 bits per heavy atom. The van der Waals surface area contributed by atoms with Crippen molar-refractivity contribution in [2.24, 2.45) is 0 Å². The highest BCUT2D eigenvalue weighted by Crippen LogP contribution is 2.33. The highest BCUT2D eigenvalue weighted by atomic mass is 32.2. The van der Waals surface area contributed by atoms with E-state index >= 15 is 0 Å². The number of nitrogens with zero attached hydrogens (tertiary/aromatic N) is 2. The van der Waals surface area contributed by atoms with Crippen LogP contribution in [0.1, 0.15) is 50.7 Å². The molecule has 1 fully saturated rings. The molecule has 1 atom stereocenters. The predicted octanol–water partition coefficient (Wildman–Crippen LogP) is 5.07. The summed E-state index contributed by atoms with van der Waals surface area (Å²) in [6.45, 7) is 5.21. The third-order valence-electron chi connectivity index (χ3n) is 7.68. The second-order valence-electron chi connectivity index (χ2n) is 10.8. The number of methoxy groups -OCH3 is 1. The molecule has 3 aromatic rings. The van der Waals surface area contributed by atoms with Crippen LogP contribution in [0.3, 0.4) is 0 Å². The molecule has 1 N–H and O–H groups in total. The first kappa shape index (κ1) is 31.9. The van der Waals surface area contributed by atoms with E-state index in [-0.39, 0.29) is 29.1 Å². The Morgan fingerprint density at radius 2 is 1.70 bits per heavy atom. The molecule has 2 amide bonds.